The molecule has 9 aromatic carbocycles. The highest BCUT2D eigenvalue weighted by Crippen LogP contribution is 2.58. The van der Waals surface area contributed by atoms with Crippen molar-refractivity contribution in [2.45, 2.75) is 0 Å². The van der Waals surface area contributed by atoms with E-state index in [1.54, 1.807) is 0 Å². The van der Waals surface area contributed by atoms with Crippen molar-refractivity contribution >= 4 is 49.6 Å². The summed E-state index contributed by atoms with van der Waals surface area (Å²) in [5.41, 5.74) is 15.8. The van der Waals surface area contributed by atoms with E-state index in [1.807, 2.05) is 6.07 Å². The van der Waals surface area contributed by atoms with Crippen LogP contribution in [0.2, 0.25) is 0 Å². The van der Waals surface area contributed by atoms with Crippen LogP contribution in [0.25, 0.3) is 88.1 Å². The lowest BCUT2D eigenvalue weighted by atomic mass is 9.82. The number of anilines is 3. The number of hydrogen-bond donors (Lipinski definition) is 0. The number of nitrogens with zero attached hydrogens (tertiary/aromatic N) is 2. The Labute approximate surface area is 320 Å². The number of aromatic nitrogens is 1. The van der Waals surface area contributed by atoms with Gasteiger partial charge in [0.1, 0.15) is 5.82 Å². The molecule has 0 saturated heterocycles. The predicted octanol–water partition coefficient (Wildman–Crippen LogP) is 14.7. The van der Waals surface area contributed by atoms with Crippen molar-refractivity contribution in [2.75, 3.05) is 4.90 Å². The average molecular weight is 699 g/mol. The summed E-state index contributed by atoms with van der Waals surface area (Å²) in [6, 6.07) is 74.4. The van der Waals surface area contributed by atoms with E-state index in [2.05, 4.69) is 205 Å². The minimum atomic E-state index is 0.886. The van der Waals surface area contributed by atoms with Crippen LogP contribution in [0.15, 0.2) is 206 Å². The number of pyridine rings is 1. The van der Waals surface area contributed by atoms with Gasteiger partial charge in [-0.15, -0.1) is 0 Å². The number of para-hydroxylation sites is 2. The molecule has 0 bridgehead atoms. The van der Waals surface area contributed by atoms with Crippen molar-refractivity contribution in [3.05, 3.63) is 206 Å². The lowest BCUT2D eigenvalue weighted by Crippen LogP contribution is -2.11. The summed E-state index contributed by atoms with van der Waals surface area (Å²) in [6.45, 7) is 0. The average Bonchev–Trinajstić information content (AvgIpc) is 3.59. The molecule has 0 unspecified atom stereocenters. The Hall–Kier alpha value is -7.29. The summed E-state index contributed by atoms with van der Waals surface area (Å²) in [5, 5.41) is 6.25. The Kier molecular flexibility index (Phi) is 7.21. The van der Waals surface area contributed by atoms with Gasteiger partial charge < -0.3 is 0 Å². The van der Waals surface area contributed by atoms with Crippen LogP contribution in [-0.4, -0.2) is 4.98 Å². The van der Waals surface area contributed by atoms with Gasteiger partial charge in [0.15, 0.2) is 0 Å². The molecule has 256 valence electrons. The standard InChI is InChI=1S/C53H34N2/c1-4-16-37(17-5-1)49-43-22-11-12-23-44(43)50(38-18-6-2-7-19-38)53-46-33-32-41(42-24-14-25-45(51(42)46)52(49)53)35-27-30-40(31-28-35)55(39-20-8-3-9-21-39)48-34-29-36-15-10-13-26-47(36)54-48/h1-34H. The van der Waals surface area contributed by atoms with Crippen LogP contribution in [0, 0.1) is 0 Å². The topological polar surface area (TPSA) is 16.1 Å². The summed E-state index contributed by atoms with van der Waals surface area (Å²) in [6.07, 6.45) is 0. The number of hydrogen-bond acceptors (Lipinski definition) is 2. The van der Waals surface area contributed by atoms with E-state index in [1.165, 1.54) is 77.2 Å². The molecule has 0 amide bonds. The summed E-state index contributed by atoms with van der Waals surface area (Å²) < 4.78 is 0. The van der Waals surface area contributed by atoms with E-state index in [0.29, 0.717) is 0 Å². The van der Waals surface area contributed by atoms with Gasteiger partial charge in [0.05, 0.1) is 5.52 Å². The SMILES string of the molecule is c1ccc(-c2c3c(c(-c4ccccc4)c4ccccc24)-c2ccc(-c4ccc(N(c5ccccc5)c5ccc6ccccc6n5)cc4)c4cccc-3c24)cc1. The third kappa shape index (κ3) is 5.00. The van der Waals surface area contributed by atoms with Crippen molar-refractivity contribution in [2.24, 2.45) is 0 Å². The fourth-order valence-electron chi connectivity index (χ4n) is 8.82. The van der Waals surface area contributed by atoms with Gasteiger partial charge in [0, 0.05) is 16.8 Å². The second kappa shape index (κ2) is 12.7. The van der Waals surface area contributed by atoms with Gasteiger partial charge in [-0.2, -0.15) is 0 Å². The quantitative estimate of drug-likeness (QED) is 0.172. The van der Waals surface area contributed by atoms with Crippen LogP contribution in [0.5, 0.6) is 0 Å². The van der Waals surface area contributed by atoms with E-state index < -0.39 is 0 Å². The van der Waals surface area contributed by atoms with Crippen LogP contribution >= 0.6 is 0 Å². The maximum atomic E-state index is 5.10. The molecular weight excluding hydrogens is 665 g/mol. The molecular formula is C53H34N2. The molecule has 1 heterocycles. The number of fused-ring (bicyclic) bond motifs is 5. The van der Waals surface area contributed by atoms with Crippen molar-refractivity contribution in [3.63, 3.8) is 0 Å². The van der Waals surface area contributed by atoms with Crippen molar-refractivity contribution in [3.8, 4) is 55.6 Å². The van der Waals surface area contributed by atoms with E-state index in [4.69, 9.17) is 4.98 Å². The lowest BCUT2D eigenvalue weighted by molar-refractivity contribution is 1.21. The second-order valence-electron chi connectivity index (χ2n) is 14.2. The molecule has 0 N–H and O–H groups in total. The zero-order chi connectivity index (χ0) is 36.3. The third-order valence-electron chi connectivity index (χ3n) is 11.2. The first-order valence-electron chi connectivity index (χ1n) is 18.9. The van der Waals surface area contributed by atoms with Crippen molar-refractivity contribution in [1.82, 2.24) is 4.98 Å². The minimum Gasteiger partial charge on any atom is -0.295 e. The zero-order valence-corrected chi connectivity index (χ0v) is 30.0. The first-order chi connectivity index (χ1) is 27.3. The molecule has 55 heavy (non-hydrogen) atoms. The van der Waals surface area contributed by atoms with Gasteiger partial charge in [0.25, 0.3) is 0 Å². The maximum Gasteiger partial charge on any atom is 0.138 e. The van der Waals surface area contributed by atoms with Gasteiger partial charge in [-0.3, -0.25) is 4.90 Å². The van der Waals surface area contributed by atoms with Gasteiger partial charge in [0.2, 0.25) is 0 Å². The van der Waals surface area contributed by atoms with Gasteiger partial charge >= 0.3 is 0 Å². The first kappa shape index (κ1) is 31.3. The Morgan fingerprint density at radius 1 is 0.309 bits per heavy atom. The fourth-order valence-corrected chi connectivity index (χ4v) is 8.82. The first-order valence-corrected chi connectivity index (χ1v) is 18.9. The van der Waals surface area contributed by atoms with Crippen molar-refractivity contribution < 1.29 is 0 Å². The normalized spacial score (nSPS) is 11.6. The van der Waals surface area contributed by atoms with Crippen LogP contribution in [0.1, 0.15) is 0 Å². The minimum absolute atomic E-state index is 0.886. The fraction of sp³-hybridized carbons (Fsp3) is 0. The lowest BCUT2D eigenvalue weighted by Gasteiger charge is -2.25. The van der Waals surface area contributed by atoms with Gasteiger partial charge in [-0.1, -0.05) is 164 Å². The molecule has 0 aliphatic heterocycles. The Bertz CT molecular complexity index is 2970. The summed E-state index contributed by atoms with van der Waals surface area (Å²) >= 11 is 0. The molecule has 0 atom stereocenters. The third-order valence-corrected chi connectivity index (χ3v) is 11.2. The molecule has 0 fully saturated rings. The summed E-state index contributed by atoms with van der Waals surface area (Å²) in [5.74, 6) is 0.886. The summed E-state index contributed by atoms with van der Waals surface area (Å²) in [4.78, 5) is 7.34. The predicted molar refractivity (Wildman–Crippen MR) is 232 cm³/mol. The second-order valence-corrected chi connectivity index (χ2v) is 14.2. The van der Waals surface area contributed by atoms with Crippen LogP contribution < -0.4 is 4.90 Å². The molecule has 1 aromatic heterocycles. The smallest absolute Gasteiger partial charge is 0.138 e. The highest BCUT2D eigenvalue weighted by atomic mass is 15.2. The Balaban J connectivity index is 1.10. The molecule has 0 radical (unpaired) electrons. The Morgan fingerprint density at radius 2 is 0.836 bits per heavy atom. The number of rotatable bonds is 6. The van der Waals surface area contributed by atoms with E-state index in [0.717, 1.165) is 28.1 Å². The highest BCUT2D eigenvalue weighted by Gasteiger charge is 2.31. The van der Waals surface area contributed by atoms with Crippen molar-refractivity contribution in [1.29, 1.82) is 0 Å². The molecule has 1 aliphatic rings. The van der Waals surface area contributed by atoms with E-state index in [-0.39, 0.29) is 0 Å². The molecule has 2 nitrogen and oxygen atoms in total. The van der Waals surface area contributed by atoms with Crippen LogP contribution in [-0.2, 0) is 0 Å². The largest absolute Gasteiger partial charge is 0.295 e. The molecule has 10 aromatic rings. The zero-order valence-electron chi connectivity index (χ0n) is 30.0. The molecule has 0 saturated carbocycles. The molecule has 1 aliphatic carbocycles. The summed E-state index contributed by atoms with van der Waals surface area (Å²) in [7, 11) is 0. The molecule has 0 spiro atoms. The Morgan fingerprint density at radius 3 is 1.51 bits per heavy atom. The highest BCUT2D eigenvalue weighted by molar-refractivity contribution is 6.28. The van der Waals surface area contributed by atoms with Gasteiger partial charge in [-0.25, -0.2) is 4.98 Å². The monoisotopic (exact) mass is 698 g/mol. The molecule has 2 heteroatoms. The van der Waals surface area contributed by atoms with E-state index in [9.17, 15) is 0 Å². The van der Waals surface area contributed by atoms with Crippen LogP contribution in [0.4, 0.5) is 17.2 Å². The maximum absolute atomic E-state index is 5.10. The molecule has 11 rings (SSSR count). The van der Waals surface area contributed by atoms with Gasteiger partial charge in [-0.05, 0) is 120 Å². The number of benzene rings is 9. The van der Waals surface area contributed by atoms with E-state index >= 15 is 0 Å². The van der Waals surface area contributed by atoms with Crippen LogP contribution in [0.3, 0.4) is 0 Å².